The Kier molecular flexibility index (Phi) is 3.55. The van der Waals surface area contributed by atoms with Crippen LogP contribution in [-0.4, -0.2) is 16.4 Å². The largest absolute Gasteiger partial charge is 0.361 e. The van der Waals surface area contributed by atoms with E-state index in [0.717, 1.165) is 19.6 Å². The molecule has 0 saturated carbocycles. The van der Waals surface area contributed by atoms with Crippen molar-refractivity contribution in [3.05, 3.63) is 83.6 Å². The molecule has 0 bridgehead atoms. The Morgan fingerprint density at radius 3 is 2.83 bits per heavy atom. The van der Waals surface area contributed by atoms with Gasteiger partial charge in [0.1, 0.15) is 0 Å². The van der Waals surface area contributed by atoms with Crippen LogP contribution in [0.2, 0.25) is 0 Å². The highest BCUT2D eigenvalue weighted by molar-refractivity contribution is 5.90. The van der Waals surface area contributed by atoms with E-state index in [2.05, 4.69) is 78.1 Å². The molecule has 1 aliphatic heterocycles. The summed E-state index contributed by atoms with van der Waals surface area (Å²) in [7, 11) is 0. The van der Waals surface area contributed by atoms with Gasteiger partial charge in [-0.1, -0.05) is 48.5 Å². The van der Waals surface area contributed by atoms with E-state index in [9.17, 15) is 0 Å². The lowest BCUT2D eigenvalue weighted by molar-refractivity contribution is 0.255. The fourth-order valence-corrected chi connectivity index (χ4v) is 3.76. The van der Waals surface area contributed by atoms with Crippen molar-refractivity contribution in [2.45, 2.75) is 25.9 Å². The molecule has 3 aromatic rings. The van der Waals surface area contributed by atoms with Crippen LogP contribution >= 0.6 is 0 Å². The van der Waals surface area contributed by atoms with Crippen LogP contribution in [0.5, 0.6) is 0 Å². The number of aromatic nitrogens is 1. The van der Waals surface area contributed by atoms with Crippen LogP contribution in [-0.2, 0) is 13.1 Å². The second-order valence-electron chi connectivity index (χ2n) is 6.53. The van der Waals surface area contributed by atoms with Gasteiger partial charge >= 0.3 is 0 Å². The molecule has 0 aliphatic carbocycles. The molecule has 2 heterocycles. The smallest absolute Gasteiger partial charge is 0.0490 e. The van der Waals surface area contributed by atoms with E-state index in [4.69, 9.17) is 0 Å². The van der Waals surface area contributed by atoms with Crippen molar-refractivity contribution in [2.24, 2.45) is 0 Å². The zero-order valence-electron chi connectivity index (χ0n) is 13.5. The molecule has 0 radical (unpaired) electrons. The molecule has 0 spiro atoms. The molecule has 0 fully saturated rings. The Labute approximate surface area is 137 Å². The lowest BCUT2D eigenvalue weighted by atomic mass is 9.96. The molecule has 0 amide bonds. The third-order valence-corrected chi connectivity index (χ3v) is 4.94. The molecule has 1 atom stereocenters. The van der Waals surface area contributed by atoms with E-state index in [-0.39, 0.29) is 0 Å². The minimum atomic E-state index is 0.371. The minimum Gasteiger partial charge on any atom is -0.361 e. The van der Waals surface area contributed by atoms with Gasteiger partial charge < -0.3 is 4.98 Å². The predicted octanol–water partition coefficient (Wildman–Crippen LogP) is 4.76. The number of benzene rings is 2. The number of rotatable bonds is 3. The summed E-state index contributed by atoms with van der Waals surface area (Å²) in [6.45, 7) is 9.25. The van der Waals surface area contributed by atoms with E-state index < -0.39 is 0 Å². The lowest BCUT2D eigenvalue weighted by Gasteiger charge is -2.23. The van der Waals surface area contributed by atoms with E-state index in [0.29, 0.717) is 5.92 Å². The maximum absolute atomic E-state index is 4.09. The zero-order valence-corrected chi connectivity index (χ0v) is 13.5. The normalized spacial score (nSPS) is 18.0. The Balaban J connectivity index is 1.76. The second kappa shape index (κ2) is 5.71. The zero-order chi connectivity index (χ0) is 15.8. The number of hydrogen-bond acceptors (Lipinski definition) is 1. The third-order valence-electron chi connectivity index (χ3n) is 4.94. The average molecular weight is 302 g/mol. The van der Waals surface area contributed by atoms with Gasteiger partial charge in [-0.05, 0) is 29.2 Å². The van der Waals surface area contributed by atoms with Gasteiger partial charge in [0, 0.05) is 42.7 Å². The fourth-order valence-electron chi connectivity index (χ4n) is 3.76. The summed E-state index contributed by atoms with van der Waals surface area (Å²) >= 11 is 0. The fraction of sp³-hybridized carbons (Fsp3) is 0.238. The molecule has 2 nitrogen and oxygen atoms in total. The maximum atomic E-state index is 4.09. The first-order chi connectivity index (χ1) is 11.3. The molecule has 1 N–H and O–H groups in total. The Morgan fingerprint density at radius 1 is 1.22 bits per heavy atom. The van der Waals surface area contributed by atoms with E-state index in [1.165, 1.54) is 33.2 Å². The van der Waals surface area contributed by atoms with Crippen molar-refractivity contribution < 1.29 is 0 Å². The summed E-state index contributed by atoms with van der Waals surface area (Å²) in [5.41, 5.74) is 6.78. The number of hydrogen-bond donors (Lipinski definition) is 1. The number of nitrogens with one attached hydrogen (secondary N) is 1. The van der Waals surface area contributed by atoms with E-state index >= 15 is 0 Å². The summed E-state index contributed by atoms with van der Waals surface area (Å²) in [6.07, 6.45) is 4.28. The number of aromatic amines is 1. The summed E-state index contributed by atoms with van der Waals surface area (Å²) in [5.74, 6) is 0.371. The molecule has 2 aromatic carbocycles. The quantitative estimate of drug-likeness (QED) is 0.691. The van der Waals surface area contributed by atoms with Crippen molar-refractivity contribution >= 4 is 10.9 Å². The monoisotopic (exact) mass is 302 g/mol. The molecule has 2 heteroatoms. The van der Waals surface area contributed by atoms with Gasteiger partial charge in [0.25, 0.3) is 0 Å². The highest BCUT2D eigenvalue weighted by Crippen LogP contribution is 2.35. The molecular formula is C21H22N2. The second-order valence-corrected chi connectivity index (χ2v) is 6.53. The topological polar surface area (TPSA) is 19.0 Å². The van der Waals surface area contributed by atoms with Crippen LogP contribution in [0.3, 0.4) is 0 Å². The van der Waals surface area contributed by atoms with Crippen molar-refractivity contribution in [2.75, 3.05) is 6.54 Å². The van der Waals surface area contributed by atoms with Crippen LogP contribution in [0.25, 0.3) is 10.9 Å². The molecule has 4 rings (SSSR count). The van der Waals surface area contributed by atoms with Crippen LogP contribution in [0, 0.1) is 6.92 Å². The van der Waals surface area contributed by atoms with Crippen LogP contribution in [0.1, 0.15) is 28.2 Å². The Morgan fingerprint density at radius 2 is 2.04 bits per heavy atom. The molecule has 116 valence electrons. The highest BCUT2D eigenvalue weighted by atomic mass is 15.1. The van der Waals surface area contributed by atoms with Gasteiger partial charge in [0.2, 0.25) is 0 Å². The molecule has 0 saturated heterocycles. The molecule has 1 unspecified atom stereocenters. The standard InChI is InChI=1S/C21H22N2/c1-3-17-13-23(12-16-7-5-4-6-8-16)14-18-10-9-15(2)21-20(18)19(17)11-22-21/h3-11,17,22H,1,12-14H2,2H3. The first kappa shape index (κ1) is 14.3. The maximum Gasteiger partial charge on any atom is 0.0490 e. The molecule has 23 heavy (non-hydrogen) atoms. The third kappa shape index (κ3) is 2.49. The first-order valence-electron chi connectivity index (χ1n) is 8.24. The summed E-state index contributed by atoms with van der Waals surface area (Å²) in [6, 6.07) is 15.2. The summed E-state index contributed by atoms with van der Waals surface area (Å²) < 4.78 is 0. The number of aryl methyl sites for hydroxylation is 1. The van der Waals surface area contributed by atoms with Gasteiger partial charge in [-0.15, -0.1) is 6.58 Å². The Bertz CT molecular complexity index is 845. The molecule has 1 aromatic heterocycles. The SMILES string of the molecule is C=CC1CN(Cc2ccccc2)Cc2ccc(C)c3[nH]cc1c23. The van der Waals surface area contributed by atoms with E-state index in [1.807, 2.05) is 0 Å². The summed E-state index contributed by atoms with van der Waals surface area (Å²) in [5, 5.41) is 1.41. The van der Waals surface area contributed by atoms with Crippen LogP contribution in [0.15, 0.2) is 61.3 Å². The van der Waals surface area contributed by atoms with Gasteiger partial charge in [-0.2, -0.15) is 0 Å². The van der Waals surface area contributed by atoms with Crippen molar-refractivity contribution in [1.82, 2.24) is 9.88 Å². The van der Waals surface area contributed by atoms with Gasteiger partial charge in [0.05, 0.1) is 0 Å². The van der Waals surface area contributed by atoms with Crippen molar-refractivity contribution in [3.8, 4) is 0 Å². The minimum absolute atomic E-state index is 0.371. The van der Waals surface area contributed by atoms with Crippen molar-refractivity contribution in [3.63, 3.8) is 0 Å². The Hall–Kier alpha value is -2.32. The molecule has 1 aliphatic rings. The number of H-pyrrole nitrogens is 1. The van der Waals surface area contributed by atoms with Gasteiger partial charge in [0.15, 0.2) is 0 Å². The van der Waals surface area contributed by atoms with Crippen LogP contribution < -0.4 is 0 Å². The average Bonchev–Trinajstić information content (AvgIpc) is 2.95. The first-order valence-corrected chi connectivity index (χ1v) is 8.24. The van der Waals surface area contributed by atoms with Crippen LogP contribution in [0.4, 0.5) is 0 Å². The van der Waals surface area contributed by atoms with Gasteiger partial charge in [-0.3, -0.25) is 4.90 Å². The lowest BCUT2D eigenvalue weighted by Crippen LogP contribution is -2.25. The predicted molar refractivity (Wildman–Crippen MR) is 96.5 cm³/mol. The highest BCUT2D eigenvalue weighted by Gasteiger charge is 2.24. The van der Waals surface area contributed by atoms with E-state index in [1.54, 1.807) is 0 Å². The summed E-state index contributed by atoms with van der Waals surface area (Å²) in [4.78, 5) is 6.01. The molecular weight excluding hydrogens is 280 g/mol. The van der Waals surface area contributed by atoms with Crippen molar-refractivity contribution in [1.29, 1.82) is 0 Å². The number of nitrogens with zero attached hydrogens (tertiary/aromatic N) is 1. The van der Waals surface area contributed by atoms with Gasteiger partial charge in [-0.25, -0.2) is 0 Å².